The van der Waals surface area contributed by atoms with Crippen molar-refractivity contribution in [2.24, 2.45) is 0 Å². The molecule has 1 aliphatic carbocycles. The maximum absolute atomic E-state index is 12.0. The van der Waals surface area contributed by atoms with Crippen molar-refractivity contribution in [1.82, 2.24) is 10.2 Å². The van der Waals surface area contributed by atoms with Gasteiger partial charge < -0.3 is 10.4 Å². The Morgan fingerprint density at radius 2 is 2.00 bits per heavy atom. The number of carbonyl (C=O) groups excluding carboxylic acids is 1. The van der Waals surface area contributed by atoms with Gasteiger partial charge in [-0.3, -0.25) is 9.69 Å². The molecule has 1 saturated carbocycles. The highest BCUT2D eigenvalue weighted by molar-refractivity contribution is 5.78. The molecule has 4 nitrogen and oxygen atoms in total. The smallest absolute Gasteiger partial charge is 0.234 e. The third kappa shape index (κ3) is 4.25. The molecular weight excluding hydrogens is 228 g/mol. The summed E-state index contributed by atoms with van der Waals surface area (Å²) in [6.45, 7) is 3.72. The van der Waals surface area contributed by atoms with E-state index in [1.807, 2.05) is 11.8 Å². The van der Waals surface area contributed by atoms with E-state index >= 15 is 0 Å². The molecule has 0 aromatic carbocycles. The molecule has 1 saturated heterocycles. The number of hydrogen-bond acceptors (Lipinski definition) is 3. The van der Waals surface area contributed by atoms with E-state index in [9.17, 15) is 9.90 Å². The summed E-state index contributed by atoms with van der Waals surface area (Å²) in [4.78, 5) is 14.0. The van der Waals surface area contributed by atoms with Crippen molar-refractivity contribution in [3.63, 3.8) is 0 Å². The second-order valence-electron chi connectivity index (χ2n) is 6.21. The minimum atomic E-state index is -0.609. The van der Waals surface area contributed by atoms with Crippen molar-refractivity contribution < 1.29 is 9.90 Å². The molecule has 0 aromatic rings. The van der Waals surface area contributed by atoms with Gasteiger partial charge in [-0.15, -0.1) is 0 Å². The van der Waals surface area contributed by atoms with Gasteiger partial charge in [-0.2, -0.15) is 0 Å². The van der Waals surface area contributed by atoms with E-state index < -0.39 is 5.60 Å². The first-order chi connectivity index (χ1) is 8.55. The maximum Gasteiger partial charge on any atom is 0.234 e. The van der Waals surface area contributed by atoms with Crippen LogP contribution in [0.15, 0.2) is 0 Å². The summed E-state index contributed by atoms with van der Waals surface area (Å²) in [5.74, 6) is 0.125. The van der Waals surface area contributed by atoms with Crippen LogP contribution < -0.4 is 5.32 Å². The second kappa shape index (κ2) is 6.02. The van der Waals surface area contributed by atoms with Gasteiger partial charge in [0, 0.05) is 19.1 Å². The highest BCUT2D eigenvalue weighted by Crippen LogP contribution is 2.20. The molecule has 104 valence electrons. The molecule has 1 amide bonds. The minimum absolute atomic E-state index is 0.125. The highest BCUT2D eigenvalue weighted by Gasteiger charge is 2.32. The van der Waals surface area contributed by atoms with Gasteiger partial charge in [-0.1, -0.05) is 25.7 Å². The molecule has 0 aromatic heterocycles. The van der Waals surface area contributed by atoms with Crippen molar-refractivity contribution in [3.8, 4) is 0 Å². The molecule has 2 aliphatic rings. The van der Waals surface area contributed by atoms with Crippen molar-refractivity contribution in [2.45, 2.75) is 63.5 Å². The molecule has 4 heteroatoms. The lowest BCUT2D eigenvalue weighted by atomic mass is 10.1. The molecule has 18 heavy (non-hydrogen) atoms. The molecule has 2 rings (SSSR count). The summed E-state index contributed by atoms with van der Waals surface area (Å²) in [5, 5.41) is 13.0. The molecule has 1 aliphatic heterocycles. The first-order valence-corrected chi connectivity index (χ1v) is 7.29. The lowest BCUT2D eigenvalue weighted by Crippen LogP contribution is -2.42. The summed E-state index contributed by atoms with van der Waals surface area (Å²) in [6.07, 6.45) is 8.12. The third-order valence-corrected chi connectivity index (χ3v) is 4.12. The number of hydrogen-bond donors (Lipinski definition) is 2. The Kier molecular flexibility index (Phi) is 4.62. The molecule has 0 bridgehead atoms. The third-order valence-electron chi connectivity index (χ3n) is 4.12. The predicted molar refractivity (Wildman–Crippen MR) is 71.3 cm³/mol. The second-order valence-corrected chi connectivity index (χ2v) is 6.21. The summed E-state index contributed by atoms with van der Waals surface area (Å²) < 4.78 is 0. The SMILES string of the molecule is CC1(O)CCN(CC(=O)NC2CCCCCC2)C1. The number of β-amino-alcohol motifs (C(OH)–C–C–N with tert-alkyl or cyclic N) is 1. The van der Waals surface area contributed by atoms with Crippen LogP contribution in [-0.4, -0.2) is 47.2 Å². The quantitative estimate of drug-likeness (QED) is 0.746. The van der Waals surface area contributed by atoms with Crippen molar-refractivity contribution in [1.29, 1.82) is 0 Å². The fourth-order valence-electron chi connectivity index (χ4n) is 3.07. The number of aliphatic hydroxyl groups is 1. The van der Waals surface area contributed by atoms with Crippen LogP contribution in [0.25, 0.3) is 0 Å². The van der Waals surface area contributed by atoms with E-state index in [4.69, 9.17) is 0 Å². The standard InChI is InChI=1S/C14H26N2O2/c1-14(18)8-9-16(11-14)10-13(17)15-12-6-4-2-3-5-7-12/h12,18H,2-11H2,1H3,(H,15,17). The molecule has 0 radical (unpaired) electrons. The molecule has 2 N–H and O–H groups in total. The van der Waals surface area contributed by atoms with Crippen molar-refractivity contribution in [3.05, 3.63) is 0 Å². The number of nitrogens with zero attached hydrogens (tertiary/aromatic N) is 1. The first kappa shape index (κ1) is 13.8. The largest absolute Gasteiger partial charge is 0.389 e. The van der Waals surface area contributed by atoms with Crippen LogP contribution in [0, 0.1) is 0 Å². The van der Waals surface area contributed by atoms with E-state index in [0.29, 0.717) is 19.1 Å². The van der Waals surface area contributed by atoms with Crippen molar-refractivity contribution >= 4 is 5.91 Å². The Bertz CT molecular complexity index is 275. The normalized spacial score (nSPS) is 31.2. The van der Waals surface area contributed by atoms with Crippen LogP contribution in [0.5, 0.6) is 0 Å². The van der Waals surface area contributed by atoms with Gasteiger partial charge in [0.2, 0.25) is 5.91 Å². The summed E-state index contributed by atoms with van der Waals surface area (Å²) in [6, 6.07) is 0.378. The minimum Gasteiger partial charge on any atom is -0.389 e. The zero-order chi connectivity index (χ0) is 13.0. The van der Waals surface area contributed by atoms with Crippen LogP contribution in [0.2, 0.25) is 0 Å². The van der Waals surface area contributed by atoms with Crippen LogP contribution in [0.1, 0.15) is 51.9 Å². The Balaban J connectivity index is 1.71. The Morgan fingerprint density at radius 1 is 1.33 bits per heavy atom. The average Bonchev–Trinajstić information content (AvgIpc) is 2.52. The highest BCUT2D eigenvalue weighted by atomic mass is 16.3. The maximum atomic E-state index is 12.0. The zero-order valence-corrected chi connectivity index (χ0v) is 11.5. The fourth-order valence-corrected chi connectivity index (χ4v) is 3.07. The van der Waals surface area contributed by atoms with Gasteiger partial charge in [0.1, 0.15) is 0 Å². The Morgan fingerprint density at radius 3 is 2.56 bits per heavy atom. The lowest BCUT2D eigenvalue weighted by molar-refractivity contribution is -0.122. The van der Waals surface area contributed by atoms with Crippen LogP contribution in [-0.2, 0) is 4.79 Å². The van der Waals surface area contributed by atoms with E-state index in [1.165, 1.54) is 25.7 Å². The number of amides is 1. The average molecular weight is 254 g/mol. The predicted octanol–water partition coefficient (Wildman–Crippen LogP) is 1.28. The lowest BCUT2D eigenvalue weighted by Gasteiger charge is -2.21. The molecule has 1 unspecified atom stereocenters. The first-order valence-electron chi connectivity index (χ1n) is 7.29. The molecule has 1 atom stereocenters. The van der Waals surface area contributed by atoms with Crippen LogP contribution >= 0.6 is 0 Å². The summed E-state index contributed by atoms with van der Waals surface area (Å²) in [5.41, 5.74) is -0.609. The molecule has 0 spiro atoms. The number of carbonyl (C=O) groups is 1. The number of likely N-dealkylation sites (tertiary alicyclic amines) is 1. The molecule has 1 heterocycles. The van der Waals surface area contributed by atoms with Crippen molar-refractivity contribution in [2.75, 3.05) is 19.6 Å². The Labute approximate surface area is 110 Å². The summed E-state index contributed by atoms with van der Waals surface area (Å²) >= 11 is 0. The van der Waals surface area contributed by atoms with Gasteiger partial charge >= 0.3 is 0 Å². The van der Waals surface area contributed by atoms with Gasteiger partial charge in [0.05, 0.1) is 12.1 Å². The fraction of sp³-hybridized carbons (Fsp3) is 0.929. The van der Waals surface area contributed by atoms with Crippen LogP contribution in [0.3, 0.4) is 0 Å². The van der Waals surface area contributed by atoms with Crippen LogP contribution in [0.4, 0.5) is 0 Å². The summed E-state index contributed by atoms with van der Waals surface area (Å²) in [7, 11) is 0. The van der Waals surface area contributed by atoms with Gasteiger partial charge in [0.25, 0.3) is 0 Å². The van der Waals surface area contributed by atoms with Gasteiger partial charge in [0.15, 0.2) is 0 Å². The van der Waals surface area contributed by atoms with Gasteiger partial charge in [-0.25, -0.2) is 0 Å². The Hall–Kier alpha value is -0.610. The van der Waals surface area contributed by atoms with E-state index in [-0.39, 0.29) is 5.91 Å². The van der Waals surface area contributed by atoms with E-state index in [0.717, 1.165) is 25.8 Å². The zero-order valence-electron chi connectivity index (χ0n) is 11.5. The topological polar surface area (TPSA) is 52.6 Å². The number of nitrogens with one attached hydrogen (secondary N) is 1. The molecule has 2 fully saturated rings. The van der Waals surface area contributed by atoms with E-state index in [2.05, 4.69) is 5.32 Å². The van der Waals surface area contributed by atoms with Gasteiger partial charge in [-0.05, 0) is 26.2 Å². The monoisotopic (exact) mass is 254 g/mol. The number of rotatable bonds is 3. The molecular formula is C14H26N2O2. The van der Waals surface area contributed by atoms with E-state index in [1.54, 1.807) is 0 Å².